The molecule has 0 amide bonds. The van der Waals surface area contributed by atoms with Crippen molar-refractivity contribution in [3.05, 3.63) is 29.8 Å². The van der Waals surface area contributed by atoms with Crippen LogP contribution >= 0.6 is 0 Å². The number of para-hydroxylation sites is 1. The lowest BCUT2D eigenvalue weighted by molar-refractivity contribution is 0.0209. The largest absolute Gasteiger partial charge is 0.379 e. The van der Waals surface area contributed by atoms with E-state index >= 15 is 0 Å². The van der Waals surface area contributed by atoms with E-state index in [1.807, 2.05) is 0 Å². The van der Waals surface area contributed by atoms with Crippen LogP contribution in [0.4, 0.5) is 5.69 Å². The molecule has 4 nitrogen and oxygen atoms in total. The lowest BCUT2D eigenvalue weighted by Crippen LogP contribution is -2.44. The summed E-state index contributed by atoms with van der Waals surface area (Å²) in [5, 5.41) is 0. The molecule has 2 aliphatic rings. The third-order valence-corrected chi connectivity index (χ3v) is 4.49. The average molecular weight is 275 g/mol. The van der Waals surface area contributed by atoms with Gasteiger partial charge >= 0.3 is 0 Å². The molecule has 1 aromatic carbocycles. The van der Waals surface area contributed by atoms with Crippen LogP contribution in [0.5, 0.6) is 0 Å². The number of benzene rings is 1. The summed E-state index contributed by atoms with van der Waals surface area (Å²) in [7, 11) is 0. The number of anilines is 1. The van der Waals surface area contributed by atoms with Crippen molar-refractivity contribution in [2.75, 3.05) is 44.3 Å². The first-order valence-electron chi connectivity index (χ1n) is 7.67. The molecular weight excluding hydrogens is 250 g/mol. The van der Waals surface area contributed by atoms with Crippen LogP contribution in [-0.2, 0) is 4.74 Å². The summed E-state index contributed by atoms with van der Waals surface area (Å²) in [5.74, 6) is 0. The Morgan fingerprint density at radius 1 is 1.20 bits per heavy atom. The van der Waals surface area contributed by atoms with Crippen LogP contribution in [0.15, 0.2) is 24.3 Å². The molecule has 2 aliphatic heterocycles. The van der Waals surface area contributed by atoms with Gasteiger partial charge < -0.3 is 15.4 Å². The van der Waals surface area contributed by atoms with Crippen LogP contribution in [0, 0.1) is 0 Å². The molecule has 0 radical (unpaired) electrons. The molecule has 2 saturated heterocycles. The van der Waals surface area contributed by atoms with E-state index in [4.69, 9.17) is 10.5 Å². The van der Waals surface area contributed by atoms with E-state index in [9.17, 15) is 0 Å². The summed E-state index contributed by atoms with van der Waals surface area (Å²) in [6.07, 6.45) is 1.24. The molecular formula is C16H25N3O. The quantitative estimate of drug-likeness (QED) is 0.910. The summed E-state index contributed by atoms with van der Waals surface area (Å²) < 4.78 is 5.45. The molecule has 20 heavy (non-hydrogen) atoms. The summed E-state index contributed by atoms with van der Waals surface area (Å²) in [4.78, 5) is 5.08. The Bertz CT molecular complexity index is 443. The molecule has 2 unspecified atom stereocenters. The highest BCUT2D eigenvalue weighted by Crippen LogP contribution is 2.29. The summed E-state index contributed by atoms with van der Waals surface area (Å²) in [5.41, 5.74) is 8.68. The van der Waals surface area contributed by atoms with E-state index in [2.05, 4.69) is 41.0 Å². The topological polar surface area (TPSA) is 41.7 Å². The van der Waals surface area contributed by atoms with Crippen LogP contribution < -0.4 is 10.6 Å². The normalized spacial score (nSPS) is 25.9. The predicted octanol–water partition coefficient (Wildman–Crippen LogP) is 1.62. The molecule has 0 bridgehead atoms. The molecule has 1 aromatic rings. The maximum absolute atomic E-state index is 6.11. The molecule has 2 heterocycles. The summed E-state index contributed by atoms with van der Waals surface area (Å²) in [6.45, 7) is 8.23. The average Bonchev–Trinajstić information content (AvgIpc) is 2.98. The molecule has 2 N–H and O–H groups in total. The third-order valence-electron chi connectivity index (χ3n) is 4.49. The molecule has 0 aromatic heterocycles. The van der Waals surface area contributed by atoms with Crippen molar-refractivity contribution in [3.8, 4) is 0 Å². The standard InChI is InChI=1S/C16H25N3O/c1-13(17)15-4-2-3-5-16(15)19-7-6-14(12-19)18-8-10-20-11-9-18/h2-5,13-14H,6-12,17H2,1H3. The number of nitrogens with zero attached hydrogens (tertiary/aromatic N) is 2. The van der Waals surface area contributed by atoms with Gasteiger partial charge in [0.1, 0.15) is 0 Å². The minimum atomic E-state index is 0.0913. The highest BCUT2D eigenvalue weighted by atomic mass is 16.5. The van der Waals surface area contributed by atoms with Crippen molar-refractivity contribution in [2.24, 2.45) is 5.73 Å². The number of hydrogen-bond acceptors (Lipinski definition) is 4. The van der Waals surface area contributed by atoms with Gasteiger partial charge in [-0.15, -0.1) is 0 Å². The molecule has 3 rings (SSSR count). The minimum Gasteiger partial charge on any atom is -0.379 e. The van der Waals surface area contributed by atoms with E-state index in [-0.39, 0.29) is 6.04 Å². The van der Waals surface area contributed by atoms with E-state index in [0.717, 1.165) is 39.4 Å². The number of morpholine rings is 1. The fourth-order valence-corrected chi connectivity index (χ4v) is 3.36. The molecule has 2 atom stereocenters. The maximum atomic E-state index is 6.11. The third kappa shape index (κ3) is 2.82. The van der Waals surface area contributed by atoms with Gasteiger partial charge in [-0.25, -0.2) is 0 Å². The Hall–Kier alpha value is -1.10. The second-order valence-electron chi connectivity index (χ2n) is 5.88. The van der Waals surface area contributed by atoms with Gasteiger partial charge in [-0.2, -0.15) is 0 Å². The van der Waals surface area contributed by atoms with E-state index in [0.29, 0.717) is 6.04 Å². The van der Waals surface area contributed by atoms with Crippen molar-refractivity contribution in [1.29, 1.82) is 0 Å². The molecule has 0 saturated carbocycles. The van der Waals surface area contributed by atoms with Crippen LogP contribution in [0.2, 0.25) is 0 Å². The van der Waals surface area contributed by atoms with Crippen LogP contribution in [0.3, 0.4) is 0 Å². The van der Waals surface area contributed by atoms with Crippen molar-refractivity contribution in [3.63, 3.8) is 0 Å². The van der Waals surface area contributed by atoms with Gasteiger partial charge in [0.15, 0.2) is 0 Å². The van der Waals surface area contributed by atoms with E-state index in [1.54, 1.807) is 0 Å². The smallest absolute Gasteiger partial charge is 0.0594 e. The number of ether oxygens (including phenoxy) is 1. The Morgan fingerprint density at radius 3 is 2.70 bits per heavy atom. The second-order valence-corrected chi connectivity index (χ2v) is 5.88. The Morgan fingerprint density at radius 2 is 1.95 bits per heavy atom. The number of hydrogen-bond donors (Lipinski definition) is 1. The van der Waals surface area contributed by atoms with Crippen molar-refractivity contribution < 1.29 is 4.74 Å². The van der Waals surface area contributed by atoms with E-state index in [1.165, 1.54) is 17.7 Å². The molecule has 4 heteroatoms. The fraction of sp³-hybridized carbons (Fsp3) is 0.625. The zero-order valence-corrected chi connectivity index (χ0v) is 12.3. The first kappa shape index (κ1) is 13.9. The second kappa shape index (κ2) is 6.12. The summed E-state index contributed by atoms with van der Waals surface area (Å²) in [6, 6.07) is 9.32. The van der Waals surface area contributed by atoms with Gasteiger partial charge in [0, 0.05) is 44.0 Å². The first-order valence-corrected chi connectivity index (χ1v) is 7.67. The monoisotopic (exact) mass is 275 g/mol. The van der Waals surface area contributed by atoms with Gasteiger partial charge in [0.05, 0.1) is 13.2 Å². The highest BCUT2D eigenvalue weighted by Gasteiger charge is 2.29. The predicted molar refractivity (Wildman–Crippen MR) is 82.1 cm³/mol. The maximum Gasteiger partial charge on any atom is 0.0594 e. The van der Waals surface area contributed by atoms with Gasteiger partial charge in [-0.1, -0.05) is 18.2 Å². The lowest BCUT2D eigenvalue weighted by Gasteiger charge is -2.32. The van der Waals surface area contributed by atoms with Gasteiger partial charge in [-0.3, -0.25) is 4.90 Å². The lowest BCUT2D eigenvalue weighted by atomic mass is 10.1. The van der Waals surface area contributed by atoms with Crippen LogP contribution in [0.25, 0.3) is 0 Å². The molecule has 0 spiro atoms. The molecule has 110 valence electrons. The Kier molecular flexibility index (Phi) is 4.24. The van der Waals surface area contributed by atoms with Crippen LogP contribution in [0.1, 0.15) is 24.9 Å². The summed E-state index contributed by atoms with van der Waals surface area (Å²) >= 11 is 0. The zero-order chi connectivity index (χ0) is 13.9. The molecule has 0 aliphatic carbocycles. The van der Waals surface area contributed by atoms with Crippen molar-refractivity contribution in [1.82, 2.24) is 4.90 Å². The minimum absolute atomic E-state index is 0.0913. The number of nitrogens with two attached hydrogens (primary N) is 1. The van der Waals surface area contributed by atoms with E-state index < -0.39 is 0 Å². The van der Waals surface area contributed by atoms with Gasteiger partial charge in [0.2, 0.25) is 0 Å². The first-order chi connectivity index (χ1) is 9.75. The van der Waals surface area contributed by atoms with Crippen molar-refractivity contribution >= 4 is 5.69 Å². The Labute approximate surface area is 121 Å². The number of rotatable bonds is 3. The van der Waals surface area contributed by atoms with Crippen molar-refractivity contribution in [2.45, 2.75) is 25.4 Å². The zero-order valence-electron chi connectivity index (χ0n) is 12.3. The Balaban J connectivity index is 1.70. The SMILES string of the molecule is CC(N)c1ccccc1N1CCC(N2CCOCC2)C1. The molecule has 2 fully saturated rings. The van der Waals surface area contributed by atoms with Crippen LogP contribution in [-0.4, -0.2) is 50.3 Å². The highest BCUT2D eigenvalue weighted by molar-refractivity contribution is 5.55. The van der Waals surface area contributed by atoms with Gasteiger partial charge in [0.25, 0.3) is 0 Å². The fourth-order valence-electron chi connectivity index (χ4n) is 3.36. The van der Waals surface area contributed by atoms with Gasteiger partial charge in [-0.05, 0) is 25.0 Å².